The second kappa shape index (κ2) is 8.01. The monoisotopic (exact) mass is 188 g/mol. The van der Waals surface area contributed by atoms with Gasteiger partial charge in [0, 0.05) is 6.42 Å². The summed E-state index contributed by atoms with van der Waals surface area (Å²) in [5.41, 5.74) is 7.08. The first kappa shape index (κ1) is 12.4. The van der Waals surface area contributed by atoms with Crippen molar-refractivity contribution in [3.63, 3.8) is 0 Å². The van der Waals surface area contributed by atoms with Crippen LogP contribution in [0.3, 0.4) is 0 Å². The average Bonchev–Trinajstić information content (AvgIpc) is 2.14. The maximum absolute atomic E-state index is 10.7. The van der Waals surface area contributed by atoms with E-state index in [4.69, 9.17) is 10.9 Å². The Morgan fingerprint density at radius 2 is 2.15 bits per heavy atom. The fourth-order valence-electron chi connectivity index (χ4n) is 1.47. The minimum atomic E-state index is -0.307. The second-order valence-electron chi connectivity index (χ2n) is 3.31. The minimum Gasteiger partial charge on any atom is -0.330 e. The fraction of sp³-hybridized carbons (Fsp3) is 0.889. The Balaban J connectivity index is 3.61. The van der Waals surface area contributed by atoms with Crippen molar-refractivity contribution in [2.24, 2.45) is 11.7 Å². The molecule has 0 aliphatic rings. The molecule has 1 amide bonds. The van der Waals surface area contributed by atoms with Gasteiger partial charge in [-0.05, 0) is 25.3 Å². The van der Waals surface area contributed by atoms with Crippen molar-refractivity contribution in [2.45, 2.75) is 39.0 Å². The molecule has 0 radical (unpaired) electrons. The predicted molar refractivity (Wildman–Crippen MR) is 51.2 cm³/mol. The number of amides is 1. The Kier molecular flexibility index (Phi) is 7.63. The largest absolute Gasteiger partial charge is 0.330 e. The molecule has 0 aromatic carbocycles. The molecule has 0 bridgehead atoms. The van der Waals surface area contributed by atoms with Crippen LogP contribution in [0.5, 0.6) is 0 Å². The van der Waals surface area contributed by atoms with Crippen LogP contribution < -0.4 is 11.2 Å². The maximum Gasteiger partial charge on any atom is 0.243 e. The molecule has 0 aliphatic carbocycles. The normalized spacial score (nSPS) is 12.5. The number of carbonyl (C=O) groups excluding carboxylic acids is 1. The number of rotatable bonds is 7. The molecule has 13 heavy (non-hydrogen) atoms. The van der Waals surface area contributed by atoms with Gasteiger partial charge in [-0.1, -0.05) is 19.8 Å². The van der Waals surface area contributed by atoms with Gasteiger partial charge >= 0.3 is 0 Å². The van der Waals surface area contributed by atoms with Crippen LogP contribution in [0.2, 0.25) is 0 Å². The number of hydrogen-bond donors (Lipinski definition) is 3. The number of carbonyl (C=O) groups is 1. The van der Waals surface area contributed by atoms with E-state index < -0.39 is 0 Å². The molecule has 0 aromatic heterocycles. The molecule has 1 unspecified atom stereocenters. The van der Waals surface area contributed by atoms with E-state index in [1.54, 1.807) is 5.48 Å². The number of hydroxylamine groups is 1. The summed E-state index contributed by atoms with van der Waals surface area (Å²) < 4.78 is 0. The van der Waals surface area contributed by atoms with Crippen LogP contribution in [0.1, 0.15) is 39.0 Å². The summed E-state index contributed by atoms with van der Waals surface area (Å²) in [7, 11) is 0. The summed E-state index contributed by atoms with van der Waals surface area (Å²) in [6, 6.07) is 0. The van der Waals surface area contributed by atoms with Crippen LogP contribution in [0.25, 0.3) is 0 Å². The topological polar surface area (TPSA) is 75.4 Å². The lowest BCUT2D eigenvalue weighted by Gasteiger charge is -2.13. The van der Waals surface area contributed by atoms with Crippen LogP contribution in [0.15, 0.2) is 0 Å². The minimum absolute atomic E-state index is 0.307. The van der Waals surface area contributed by atoms with Crippen molar-refractivity contribution < 1.29 is 10.0 Å². The first-order valence-corrected chi connectivity index (χ1v) is 4.87. The first-order chi connectivity index (χ1) is 6.24. The lowest BCUT2D eigenvalue weighted by molar-refractivity contribution is -0.129. The van der Waals surface area contributed by atoms with Crippen molar-refractivity contribution in [3.05, 3.63) is 0 Å². The second-order valence-corrected chi connectivity index (χ2v) is 3.31. The summed E-state index contributed by atoms with van der Waals surface area (Å²) in [6.45, 7) is 2.79. The molecule has 0 spiro atoms. The fourth-order valence-corrected chi connectivity index (χ4v) is 1.47. The zero-order valence-electron chi connectivity index (χ0n) is 8.25. The van der Waals surface area contributed by atoms with Gasteiger partial charge in [0.15, 0.2) is 0 Å². The number of nitrogens with one attached hydrogen (secondary N) is 1. The zero-order valence-corrected chi connectivity index (χ0v) is 8.25. The van der Waals surface area contributed by atoms with Crippen molar-refractivity contribution >= 4 is 5.91 Å². The molecular formula is C9H20N2O2. The van der Waals surface area contributed by atoms with Crippen LogP contribution in [-0.2, 0) is 4.79 Å². The molecule has 0 fully saturated rings. The van der Waals surface area contributed by atoms with Crippen LogP contribution in [0.4, 0.5) is 0 Å². The van der Waals surface area contributed by atoms with E-state index in [0.717, 1.165) is 25.7 Å². The predicted octanol–water partition coefficient (Wildman–Crippen LogP) is 1.04. The van der Waals surface area contributed by atoms with Crippen molar-refractivity contribution in [1.29, 1.82) is 0 Å². The zero-order chi connectivity index (χ0) is 10.1. The lowest BCUT2D eigenvalue weighted by atomic mass is 9.94. The summed E-state index contributed by atoms with van der Waals surface area (Å²) in [6.07, 6.45) is 4.40. The van der Waals surface area contributed by atoms with Crippen LogP contribution in [0, 0.1) is 5.92 Å². The van der Waals surface area contributed by atoms with Crippen molar-refractivity contribution in [3.8, 4) is 0 Å². The van der Waals surface area contributed by atoms with Gasteiger partial charge in [-0.25, -0.2) is 5.48 Å². The lowest BCUT2D eigenvalue weighted by Crippen LogP contribution is -2.20. The SMILES string of the molecule is CCCC(CCN)CCC(=O)NO. The van der Waals surface area contributed by atoms with Gasteiger partial charge < -0.3 is 5.73 Å². The Bertz CT molecular complexity index is 134. The molecule has 0 saturated carbocycles. The van der Waals surface area contributed by atoms with Crippen molar-refractivity contribution in [1.82, 2.24) is 5.48 Å². The van der Waals surface area contributed by atoms with Gasteiger partial charge in [-0.3, -0.25) is 10.0 Å². The van der Waals surface area contributed by atoms with Gasteiger partial charge in [0.2, 0.25) is 5.91 Å². The Labute approximate surface area is 79.5 Å². The van der Waals surface area contributed by atoms with E-state index in [1.165, 1.54) is 0 Å². The number of hydrogen-bond acceptors (Lipinski definition) is 3. The Hall–Kier alpha value is -0.610. The molecular weight excluding hydrogens is 168 g/mol. The van der Waals surface area contributed by atoms with E-state index in [1.807, 2.05) is 0 Å². The molecule has 1 atom stereocenters. The Morgan fingerprint density at radius 3 is 2.62 bits per heavy atom. The smallest absolute Gasteiger partial charge is 0.243 e. The highest BCUT2D eigenvalue weighted by Gasteiger charge is 2.09. The number of nitrogens with two attached hydrogens (primary N) is 1. The Morgan fingerprint density at radius 1 is 1.46 bits per heavy atom. The highest BCUT2D eigenvalue weighted by Crippen LogP contribution is 2.16. The molecule has 4 heteroatoms. The molecule has 4 N–H and O–H groups in total. The van der Waals surface area contributed by atoms with Gasteiger partial charge in [0.1, 0.15) is 0 Å². The molecule has 0 aliphatic heterocycles. The quantitative estimate of drug-likeness (QED) is 0.412. The molecule has 0 saturated heterocycles. The third-order valence-electron chi connectivity index (χ3n) is 2.18. The highest BCUT2D eigenvalue weighted by atomic mass is 16.5. The molecule has 0 aromatic rings. The molecule has 78 valence electrons. The van der Waals surface area contributed by atoms with Crippen molar-refractivity contribution in [2.75, 3.05) is 6.54 Å². The molecule has 4 nitrogen and oxygen atoms in total. The summed E-state index contributed by atoms with van der Waals surface area (Å²) in [5, 5.41) is 8.28. The van der Waals surface area contributed by atoms with E-state index in [-0.39, 0.29) is 5.91 Å². The van der Waals surface area contributed by atoms with E-state index in [0.29, 0.717) is 18.9 Å². The maximum atomic E-state index is 10.7. The van der Waals surface area contributed by atoms with Gasteiger partial charge in [-0.2, -0.15) is 0 Å². The summed E-state index contributed by atoms with van der Waals surface area (Å²) in [4.78, 5) is 10.7. The van der Waals surface area contributed by atoms with E-state index >= 15 is 0 Å². The summed E-state index contributed by atoms with van der Waals surface area (Å²) in [5.74, 6) is 0.213. The van der Waals surface area contributed by atoms with Gasteiger partial charge in [0.05, 0.1) is 0 Å². The van der Waals surface area contributed by atoms with Gasteiger partial charge in [-0.15, -0.1) is 0 Å². The summed E-state index contributed by atoms with van der Waals surface area (Å²) >= 11 is 0. The molecule has 0 heterocycles. The van der Waals surface area contributed by atoms with Gasteiger partial charge in [0.25, 0.3) is 0 Å². The first-order valence-electron chi connectivity index (χ1n) is 4.87. The third kappa shape index (κ3) is 6.54. The highest BCUT2D eigenvalue weighted by molar-refractivity contribution is 5.74. The third-order valence-corrected chi connectivity index (χ3v) is 2.18. The molecule has 0 rings (SSSR count). The standard InChI is InChI=1S/C9H20N2O2/c1-2-3-8(6-7-10)4-5-9(12)11-13/h8,13H,2-7,10H2,1H3,(H,11,12). The van der Waals surface area contributed by atoms with Crippen LogP contribution >= 0.6 is 0 Å². The van der Waals surface area contributed by atoms with Crippen LogP contribution in [-0.4, -0.2) is 17.7 Å². The van der Waals surface area contributed by atoms with E-state index in [2.05, 4.69) is 6.92 Å². The van der Waals surface area contributed by atoms with E-state index in [9.17, 15) is 4.79 Å². The average molecular weight is 188 g/mol.